The van der Waals surface area contributed by atoms with Crippen molar-refractivity contribution in [1.29, 1.82) is 0 Å². The molecule has 0 aromatic carbocycles. The number of hydrogen-bond donors (Lipinski definition) is 0. The zero-order chi connectivity index (χ0) is 11.5. The molecule has 1 amide bonds. The summed E-state index contributed by atoms with van der Waals surface area (Å²) in [6.45, 7) is 0.633. The van der Waals surface area contributed by atoms with E-state index in [0.29, 0.717) is 18.5 Å². The second kappa shape index (κ2) is 4.65. The topological polar surface area (TPSA) is 46.6 Å². The lowest BCUT2D eigenvalue weighted by atomic mass is 10.2. The van der Waals surface area contributed by atoms with Gasteiger partial charge in [-0.2, -0.15) is 11.3 Å². The average Bonchev–Trinajstić information content (AvgIpc) is 2.97. The molecule has 2 rings (SSSR count). The summed E-state index contributed by atoms with van der Waals surface area (Å²) in [6, 6.07) is 1.37. The highest BCUT2D eigenvalue weighted by molar-refractivity contribution is 7.08. The van der Waals surface area contributed by atoms with E-state index >= 15 is 0 Å². The van der Waals surface area contributed by atoms with Gasteiger partial charge in [-0.05, 0) is 24.3 Å². The lowest BCUT2D eigenvalue weighted by Crippen LogP contribution is -2.40. The van der Waals surface area contributed by atoms with E-state index in [9.17, 15) is 9.59 Å². The highest BCUT2D eigenvalue weighted by Gasteiger charge is 2.35. The van der Waals surface area contributed by atoms with Crippen molar-refractivity contribution in [2.24, 2.45) is 0 Å². The average molecular weight is 239 g/mol. The first kappa shape index (κ1) is 11.1. The van der Waals surface area contributed by atoms with Gasteiger partial charge in [-0.3, -0.25) is 4.79 Å². The quantitative estimate of drug-likeness (QED) is 0.735. The number of ether oxygens (including phenoxy) is 1. The van der Waals surface area contributed by atoms with Crippen molar-refractivity contribution in [2.75, 3.05) is 13.7 Å². The number of methoxy groups -OCH3 is 1. The molecular weight excluding hydrogens is 226 g/mol. The molecule has 0 saturated carbocycles. The number of amides is 1. The number of esters is 1. The molecule has 5 heteroatoms. The van der Waals surface area contributed by atoms with Crippen LogP contribution >= 0.6 is 11.3 Å². The Morgan fingerprint density at radius 1 is 1.56 bits per heavy atom. The maximum absolute atomic E-state index is 12.1. The van der Waals surface area contributed by atoms with Crippen molar-refractivity contribution in [3.05, 3.63) is 22.4 Å². The Bertz CT molecular complexity index is 388. The fourth-order valence-electron chi connectivity index (χ4n) is 1.94. The van der Waals surface area contributed by atoms with Crippen LogP contribution in [-0.2, 0) is 9.53 Å². The van der Waals surface area contributed by atoms with E-state index in [1.807, 2.05) is 5.38 Å². The molecule has 1 aliphatic rings. The Morgan fingerprint density at radius 2 is 2.38 bits per heavy atom. The molecule has 16 heavy (non-hydrogen) atoms. The van der Waals surface area contributed by atoms with Crippen LogP contribution in [-0.4, -0.2) is 36.5 Å². The van der Waals surface area contributed by atoms with Gasteiger partial charge in [0.15, 0.2) is 0 Å². The summed E-state index contributed by atoms with van der Waals surface area (Å²) in [7, 11) is 1.36. The molecule has 2 heterocycles. The van der Waals surface area contributed by atoms with Crippen LogP contribution in [0.15, 0.2) is 16.8 Å². The van der Waals surface area contributed by atoms with Crippen molar-refractivity contribution >= 4 is 23.2 Å². The van der Waals surface area contributed by atoms with Crippen LogP contribution in [0.5, 0.6) is 0 Å². The van der Waals surface area contributed by atoms with Crippen LogP contribution in [0.3, 0.4) is 0 Å². The van der Waals surface area contributed by atoms with E-state index in [1.165, 1.54) is 18.4 Å². The van der Waals surface area contributed by atoms with Gasteiger partial charge in [0.05, 0.1) is 12.7 Å². The second-order valence-corrected chi connectivity index (χ2v) is 4.47. The lowest BCUT2D eigenvalue weighted by molar-refractivity contribution is -0.145. The summed E-state index contributed by atoms with van der Waals surface area (Å²) >= 11 is 1.48. The summed E-state index contributed by atoms with van der Waals surface area (Å²) in [6.07, 6.45) is 1.55. The third-order valence-corrected chi connectivity index (χ3v) is 3.44. The number of hydrogen-bond acceptors (Lipinski definition) is 4. The number of carbonyl (C=O) groups excluding carboxylic acids is 2. The van der Waals surface area contributed by atoms with Crippen LogP contribution in [0.4, 0.5) is 0 Å². The molecule has 1 fully saturated rings. The van der Waals surface area contributed by atoms with Crippen molar-refractivity contribution in [3.8, 4) is 0 Å². The molecule has 1 saturated heterocycles. The maximum Gasteiger partial charge on any atom is 0.328 e. The van der Waals surface area contributed by atoms with Crippen LogP contribution in [0.2, 0.25) is 0 Å². The van der Waals surface area contributed by atoms with E-state index in [4.69, 9.17) is 4.74 Å². The van der Waals surface area contributed by atoms with Gasteiger partial charge in [-0.15, -0.1) is 0 Å². The third-order valence-electron chi connectivity index (χ3n) is 2.76. The first-order valence-electron chi connectivity index (χ1n) is 5.15. The monoisotopic (exact) mass is 239 g/mol. The Balaban J connectivity index is 2.14. The minimum atomic E-state index is -0.405. The Hall–Kier alpha value is -1.36. The minimum absolute atomic E-state index is 0.0749. The molecule has 1 aromatic rings. The summed E-state index contributed by atoms with van der Waals surface area (Å²) < 4.78 is 4.70. The highest BCUT2D eigenvalue weighted by atomic mass is 32.1. The van der Waals surface area contributed by atoms with Crippen molar-refractivity contribution in [3.63, 3.8) is 0 Å². The largest absolute Gasteiger partial charge is 0.467 e. The number of likely N-dealkylation sites (tertiary alicyclic amines) is 1. The Morgan fingerprint density at radius 3 is 3.00 bits per heavy atom. The molecule has 1 aliphatic heterocycles. The fourth-order valence-corrected chi connectivity index (χ4v) is 2.57. The molecule has 0 radical (unpaired) electrons. The smallest absolute Gasteiger partial charge is 0.328 e. The molecule has 1 atom stereocenters. The van der Waals surface area contributed by atoms with Gasteiger partial charge in [-0.1, -0.05) is 0 Å². The van der Waals surface area contributed by atoms with Gasteiger partial charge in [0.25, 0.3) is 5.91 Å². The molecule has 4 nitrogen and oxygen atoms in total. The summed E-state index contributed by atoms with van der Waals surface area (Å²) in [5.74, 6) is -0.393. The summed E-state index contributed by atoms with van der Waals surface area (Å²) in [4.78, 5) is 25.2. The predicted molar refractivity (Wildman–Crippen MR) is 60.4 cm³/mol. The highest BCUT2D eigenvalue weighted by Crippen LogP contribution is 2.21. The predicted octanol–water partition coefficient (Wildman–Crippen LogP) is 1.53. The number of thiophene rings is 1. The standard InChI is InChI=1S/C11H13NO3S/c1-15-11(14)9-3-2-5-12(9)10(13)8-4-6-16-7-8/h4,6-7,9H,2-3,5H2,1H3/t9-/m0/s1. The molecule has 0 aliphatic carbocycles. The van der Waals surface area contributed by atoms with Crippen molar-refractivity contribution in [2.45, 2.75) is 18.9 Å². The maximum atomic E-state index is 12.1. The van der Waals surface area contributed by atoms with Gasteiger partial charge < -0.3 is 9.64 Å². The first-order valence-corrected chi connectivity index (χ1v) is 6.09. The number of carbonyl (C=O) groups is 2. The van der Waals surface area contributed by atoms with Gasteiger partial charge >= 0.3 is 5.97 Å². The van der Waals surface area contributed by atoms with Crippen LogP contribution in [0.25, 0.3) is 0 Å². The summed E-state index contributed by atoms with van der Waals surface area (Å²) in [5.41, 5.74) is 0.654. The first-order chi connectivity index (χ1) is 7.74. The van der Waals surface area contributed by atoms with Crippen molar-refractivity contribution in [1.82, 2.24) is 4.90 Å². The van der Waals surface area contributed by atoms with Crippen LogP contribution in [0, 0.1) is 0 Å². The van der Waals surface area contributed by atoms with E-state index in [0.717, 1.165) is 6.42 Å². The minimum Gasteiger partial charge on any atom is -0.467 e. The van der Waals surface area contributed by atoms with Gasteiger partial charge in [0, 0.05) is 11.9 Å². The fraction of sp³-hybridized carbons (Fsp3) is 0.455. The lowest BCUT2D eigenvalue weighted by Gasteiger charge is -2.22. The zero-order valence-corrected chi connectivity index (χ0v) is 9.83. The number of nitrogens with zero attached hydrogens (tertiary/aromatic N) is 1. The van der Waals surface area contributed by atoms with Crippen LogP contribution in [0.1, 0.15) is 23.2 Å². The van der Waals surface area contributed by atoms with Crippen LogP contribution < -0.4 is 0 Å². The number of rotatable bonds is 2. The van der Waals surface area contributed by atoms with E-state index in [1.54, 1.807) is 16.3 Å². The third kappa shape index (κ3) is 1.95. The van der Waals surface area contributed by atoms with E-state index < -0.39 is 6.04 Å². The van der Waals surface area contributed by atoms with Gasteiger partial charge in [0.1, 0.15) is 6.04 Å². The molecule has 0 unspecified atom stereocenters. The summed E-state index contributed by atoms with van der Waals surface area (Å²) in [5, 5.41) is 3.66. The molecule has 86 valence electrons. The molecule has 0 spiro atoms. The zero-order valence-electron chi connectivity index (χ0n) is 9.01. The van der Waals surface area contributed by atoms with E-state index in [2.05, 4.69) is 0 Å². The van der Waals surface area contributed by atoms with Gasteiger partial charge in [0.2, 0.25) is 0 Å². The molecule has 1 aromatic heterocycles. The molecular formula is C11H13NO3S. The van der Waals surface area contributed by atoms with E-state index in [-0.39, 0.29) is 11.9 Å². The SMILES string of the molecule is COC(=O)[C@@H]1CCCN1C(=O)c1ccsc1. The van der Waals surface area contributed by atoms with Crippen molar-refractivity contribution < 1.29 is 14.3 Å². The normalized spacial score (nSPS) is 19.8. The second-order valence-electron chi connectivity index (χ2n) is 3.69. The molecule has 0 N–H and O–H groups in total. The Kier molecular flexibility index (Phi) is 3.24. The Labute approximate surface area is 97.8 Å². The van der Waals surface area contributed by atoms with Gasteiger partial charge in [-0.25, -0.2) is 4.79 Å². The molecule has 0 bridgehead atoms.